The van der Waals surface area contributed by atoms with Gasteiger partial charge >= 0.3 is 6.03 Å². The molecular formula is C14H20N2O2. The fourth-order valence-electron chi connectivity index (χ4n) is 1.43. The van der Waals surface area contributed by atoms with Crippen molar-refractivity contribution < 1.29 is 9.59 Å². The van der Waals surface area contributed by atoms with Gasteiger partial charge in [0, 0.05) is 6.54 Å². The van der Waals surface area contributed by atoms with Crippen LogP contribution in [0.3, 0.4) is 0 Å². The maximum Gasteiger partial charge on any atom is 0.315 e. The first-order valence-corrected chi connectivity index (χ1v) is 5.97. The average molecular weight is 248 g/mol. The van der Waals surface area contributed by atoms with Crippen LogP contribution in [-0.2, 0) is 11.3 Å². The van der Waals surface area contributed by atoms with Gasteiger partial charge in [-0.3, -0.25) is 0 Å². The van der Waals surface area contributed by atoms with Crippen molar-refractivity contribution in [2.45, 2.75) is 33.4 Å². The average Bonchev–Trinajstić information content (AvgIpc) is 2.33. The first kappa shape index (κ1) is 14.2. The monoisotopic (exact) mass is 248 g/mol. The minimum absolute atomic E-state index is 0.286. The molecule has 2 amide bonds. The van der Waals surface area contributed by atoms with Gasteiger partial charge in [-0.2, -0.15) is 0 Å². The minimum atomic E-state index is -0.492. The molecule has 0 bridgehead atoms. The summed E-state index contributed by atoms with van der Waals surface area (Å²) >= 11 is 0. The van der Waals surface area contributed by atoms with Gasteiger partial charge in [0.25, 0.3) is 0 Å². The number of urea groups is 1. The number of aldehydes is 1. The van der Waals surface area contributed by atoms with Crippen LogP contribution in [0, 0.1) is 5.41 Å². The minimum Gasteiger partial charge on any atom is -0.334 e. The van der Waals surface area contributed by atoms with Crippen molar-refractivity contribution in [1.29, 1.82) is 0 Å². The summed E-state index contributed by atoms with van der Waals surface area (Å²) in [7, 11) is 0. The van der Waals surface area contributed by atoms with E-state index in [0.717, 1.165) is 11.8 Å². The van der Waals surface area contributed by atoms with Crippen molar-refractivity contribution in [3.8, 4) is 0 Å². The summed E-state index contributed by atoms with van der Waals surface area (Å²) in [5.41, 5.74) is 0.734. The van der Waals surface area contributed by atoms with Crippen molar-refractivity contribution in [2.24, 2.45) is 5.41 Å². The summed E-state index contributed by atoms with van der Waals surface area (Å²) in [5.74, 6) is 0. The number of nitrogens with one attached hydrogen (secondary N) is 2. The third-order valence-electron chi connectivity index (χ3n) is 2.65. The predicted molar refractivity (Wildman–Crippen MR) is 71.1 cm³/mol. The molecule has 0 fully saturated rings. The highest BCUT2D eigenvalue weighted by Crippen LogP contribution is 2.17. The van der Waals surface area contributed by atoms with Gasteiger partial charge in [-0.15, -0.1) is 0 Å². The fourth-order valence-corrected chi connectivity index (χ4v) is 1.43. The van der Waals surface area contributed by atoms with Gasteiger partial charge in [-0.25, -0.2) is 4.79 Å². The highest BCUT2D eigenvalue weighted by Gasteiger charge is 2.25. The maximum atomic E-state index is 11.7. The summed E-state index contributed by atoms with van der Waals surface area (Å²) in [6.07, 6.45) is 0.766. The summed E-state index contributed by atoms with van der Waals surface area (Å²) in [4.78, 5) is 22.6. The van der Waals surface area contributed by atoms with Crippen molar-refractivity contribution >= 4 is 12.3 Å². The molecular weight excluding hydrogens is 228 g/mol. The molecule has 1 aromatic rings. The van der Waals surface area contributed by atoms with Gasteiger partial charge in [0.05, 0.1) is 6.04 Å². The molecule has 0 heterocycles. The van der Waals surface area contributed by atoms with Crippen LogP contribution < -0.4 is 10.6 Å². The quantitative estimate of drug-likeness (QED) is 0.802. The van der Waals surface area contributed by atoms with E-state index in [1.165, 1.54) is 0 Å². The molecule has 0 saturated carbocycles. The van der Waals surface area contributed by atoms with E-state index in [-0.39, 0.29) is 11.4 Å². The Morgan fingerprint density at radius 2 is 1.89 bits per heavy atom. The molecule has 1 atom stereocenters. The van der Waals surface area contributed by atoms with Crippen molar-refractivity contribution in [1.82, 2.24) is 10.6 Å². The first-order chi connectivity index (χ1) is 8.43. The van der Waals surface area contributed by atoms with Crippen molar-refractivity contribution in [3.63, 3.8) is 0 Å². The zero-order chi connectivity index (χ0) is 13.6. The SMILES string of the molecule is CC(C)(C)C(C=O)NC(=O)NCc1ccccc1. The highest BCUT2D eigenvalue weighted by molar-refractivity contribution is 5.78. The molecule has 0 radical (unpaired) electrons. The molecule has 1 unspecified atom stereocenters. The van der Waals surface area contributed by atoms with E-state index in [9.17, 15) is 9.59 Å². The Morgan fingerprint density at radius 1 is 1.28 bits per heavy atom. The summed E-state index contributed by atoms with van der Waals surface area (Å²) in [6.45, 7) is 6.17. The zero-order valence-corrected chi connectivity index (χ0v) is 11.1. The van der Waals surface area contributed by atoms with Crippen LogP contribution in [0.2, 0.25) is 0 Å². The fraction of sp³-hybridized carbons (Fsp3) is 0.429. The Labute approximate surface area is 108 Å². The number of amides is 2. The smallest absolute Gasteiger partial charge is 0.315 e. The van der Waals surface area contributed by atoms with E-state index in [0.29, 0.717) is 6.54 Å². The van der Waals surface area contributed by atoms with Crippen LogP contribution in [0.25, 0.3) is 0 Å². The second-order valence-corrected chi connectivity index (χ2v) is 5.29. The van der Waals surface area contributed by atoms with Crippen molar-refractivity contribution in [3.05, 3.63) is 35.9 Å². The Kier molecular flexibility index (Phi) is 4.89. The first-order valence-electron chi connectivity index (χ1n) is 5.97. The lowest BCUT2D eigenvalue weighted by Gasteiger charge is -2.26. The molecule has 18 heavy (non-hydrogen) atoms. The number of carbonyl (C=O) groups is 2. The van der Waals surface area contributed by atoms with Crippen LogP contribution in [0.4, 0.5) is 4.79 Å². The van der Waals surface area contributed by atoms with Gasteiger partial charge in [0.2, 0.25) is 0 Å². The van der Waals surface area contributed by atoms with E-state index < -0.39 is 6.04 Å². The predicted octanol–water partition coefficient (Wildman–Crippen LogP) is 2.10. The summed E-state index contributed by atoms with van der Waals surface area (Å²) in [6, 6.07) is 8.80. The third-order valence-corrected chi connectivity index (χ3v) is 2.65. The molecule has 1 rings (SSSR count). The zero-order valence-electron chi connectivity index (χ0n) is 11.1. The molecule has 4 nitrogen and oxygen atoms in total. The highest BCUT2D eigenvalue weighted by atomic mass is 16.2. The van der Waals surface area contributed by atoms with Crippen LogP contribution in [0.15, 0.2) is 30.3 Å². The Hall–Kier alpha value is -1.84. The van der Waals surface area contributed by atoms with Crippen LogP contribution in [0.5, 0.6) is 0 Å². The van der Waals surface area contributed by atoms with E-state index in [1.54, 1.807) is 0 Å². The Bertz CT molecular complexity index is 396. The molecule has 98 valence electrons. The molecule has 0 aliphatic heterocycles. The van der Waals surface area contributed by atoms with E-state index in [1.807, 2.05) is 51.1 Å². The van der Waals surface area contributed by atoms with Gasteiger partial charge < -0.3 is 15.4 Å². The maximum absolute atomic E-state index is 11.7. The topological polar surface area (TPSA) is 58.2 Å². The van der Waals surface area contributed by atoms with Crippen LogP contribution >= 0.6 is 0 Å². The lowest BCUT2D eigenvalue weighted by molar-refractivity contribution is -0.111. The number of rotatable bonds is 4. The van der Waals surface area contributed by atoms with Crippen LogP contribution in [0.1, 0.15) is 26.3 Å². The molecule has 4 heteroatoms. The Balaban J connectivity index is 2.45. The lowest BCUT2D eigenvalue weighted by atomic mass is 9.88. The molecule has 1 aromatic carbocycles. The summed E-state index contributed by atoms with van der Waals surface area (Å²) < 4.78 is 0. The molecule has 0 saturated heterocycles. The van der Waals surface area contributed by atoms with Gasteiger partial charge in [-0.1, -0.05) is 51.1 Å². The Morgan fingerprint density at radius 3 is 2.39 bits per heavy atom. The number of hydrogen-bond acceptors (Lipinski definition) is 2. The normalized spacial score (nSPS) is 12.6. The molecule has 0 aliphatic carbocycles. The number of benzene rings is 1. The summed E-state index contributed by atoms with van der Waals surface area (Å²) in [5, 5.41) is 5.39. The van der Waals surface area contributed by atoms with Crippen LogP contribution in [-0.4, -0.2) is 18.4 Å². The van der Waals surface area contributed by atoms with E-state index in [2.05, 4.69) is 10.6 Å². The van der Waals surface area contributed by atoms with Gasteiger partial charge in [0.15, 0.2) is 0 Å². The van der Waals surface area contributed by atoms with E-state index >= 15 is 0 Å². The molecule has 2 N–H and O–H groups in total. The lowest BCUT2D eigenvalue weighted by Crippen LogP contribution is -2.48. The molecule has 0 aromatic heterocycles. The molecule has 0 aliphatic rings. The van der Waals surface area contributed by atoms with Gasteiger partial charge in [0.1, 0.15) is 6.29 Å². The molecule has 0 spiro atoms. The second kappa shape index (κ2) is 6.19. The number of carbonyl (C=O) groups excluding carboxylic acids is 2. The second-order valence-electron chi connectivity index (χ2n) is 5.29. The van der Waals surface area contributed by atoms with Gasteiger partial charge in [-0.05, 0) is 11.0 Å². The third kappa shape index (κ3) is 4.57. The van der Waals surface area contributed by atoms with Crippen molar-refractivity contribution in [2.75, 3.05) is 0 Å². The standard InChI is InChI=1S/C14H20N2O2/c1-14(2,3)12(10-17)16-13(18)15-9-11-7-5-4-6-8-11/h4-8,10,12H,9H2,1-3H3,(H2,15,16,18). The largest absolute Gasteiger partial charge is 0.334 e. The van der Waals surface area contributed by atoms with E-state index in [4.69, 9.17) is 0 Å². The number of hydrogen-bond donors (Lipinski definition) is 2.